The lowest BCUT2D eigenvalue weighted by molar-refractivity contribution is -0.143. The first-order valence-electron chi connectivity index (χ1n) is 10.5. The first-order valence-corrected chi connectivity index (χ1v) is 11.5. The summed E-state index contributed by atoms with van der Waals surface area (Å²) in [5.41, 5.74) is 2.43. The van der Waals surface area contributed by atoms with Gasteiger partial charge < -0.3 is 9.64 Å². The molecule has 0 N–H and O–H groups in total. The van der Waals surface area contributed by atoms with Crippen molar-refractivity contribution in [2.24, 2.45) is 0 Å². The Kier molecular flexibility index (Phi) is 5.10. The predicted molar refractivity (Wildman–Crippen MR) is 119 cm³/mol. The summed E-state index contributed by atoms with van der Waals surface area (Å²) in [6.07, 6.45) is 1.91. The van der Waals surface area contributed by atoms with E-state index >= 15 is 0 Å². The third-order valence-corrected chi connectivity index (χ3v) is 6.93. The van der Waals surface area contributed by atoms with E-state index in [1.54, 1.807) is 15.4 Å². The Balaban J connectivity index is 1.45. The second kappa shape index (κ2) is 7.80. The summed E-state index contributed by atoms with van der Waals surface area (Å²) in [6, 6.07) is 7.74. The third kappa shape index (κ3) is 3.65. The lowest BCUT2D eigenvalue weighted by Crippen LogP contribution is -2.48. The molecule has 8 nitrogen and oxygen atoms in total. The van der Waals surface area contributed by atoms with Gasteiger partial charge in [0.05, 0.1) is 30.1 Å². The molecule has 0 spiro atoms. The Labute approximate surface area is 184 Å². The molecule has 1 aromatic carbocycles. The van der Waals surface area contributed by atoms with Gasteiger partial charge in [-0.05, 0) is 32.9 Å². The maximum Gasteiger partial charge on any atom is 0.265 e. The van der Waals surface area contributed by atoms with Crippen molar-refractivity contribution in [3.63, 3.8) is 0 Å². The topological polar surface area (TPSA) is 82.2 Å². The van der Waals surface area contributed by atoms with Crippen LogP contribution in [-0.2, 0) is 9.53 Å². The second-order valence-electron chi connectivity index (χ2n) is 8.42. The van der Waals surface area contributed by atoms with Gasteiger partial charge in [-0.1, -0.05) is 29.5 Å². The van der Waals surface area contributed by atoms with Crippen molar-refractivity contribution in [3.8, 4) is 5.69 Å². The van der Waals surface area contributed by atoms with E-state index < -0.39 is 0 Å². The van der Waals surface area contributed by atoms with Crippen molar-refractivity contribution >= 4 is 28.7 Å². The fourth-order valence-electron chi connectivity index (χ4n) is 4.37. The fraction of sp³-hybridized carbons (Fsp3) is 0.455. The van der Waals surface area contributed by atoms with Crippen molar-refractivity contribution in [1.82, 2.24) is 24.2 Å². The zero-order valence-corrected chi connectivity index (χ0v) is 18.6. The Morgan fingerprint density at radius 1 is 1.19 bits per heavy atom. The highest BCUT2D eigenvalue weighted by Crippen LogP contribution is 2.34. The van der Waals surface area contributed by atoms with Crippen LogP contribution in [-0.4, -0.2) is 61.2 Å². The summed E-state index contributed by atoms with van der Waals surface area (Å²) < 4.78 is 9.11. The van der Waals surface area contributed by atoms with Gasteiger partial charge in [0.1, 0.15) is 5.39 Å². The lowest BCUT2D eigenvalue weighted by atomic mass is 10.1. The van der Waals surface area contributed by atoms with Gasteiger partial charge >= 0.3 is 0 Å². The molecule has 1 saturated heterocycles. The first-order chi connectivity index (χ1) is 14.9. The van der Waals surface area contributed by atoms with Crippen LogP contribution in [0.2, 0.25) is 0 Å². The van der Waals surface area contributed by atoms with Gasteiger partial charge in [0.25, 0.3) is 5.56 Å². The summed E-state index contributed by atoms with van der Waals surface area (Å²) in [5, 5.41) is 5.53. The minimum absolute atomic E-state index is 0.0227. The molecule has 4 heterocycles. The number of morpholine rings is 1. The van der Waals surface area contributed by atoms with Crippen LogP contribution in [0.4, 0.5) is 0 Å². The van der Waals surface area contributed by atoms with Crippen molar-refractivity contribution in [2.45, 2.75) is 50.6 Å². The molecule has 9 heteroatoms. The molecule has 5 rings (SSSR count). The Bertz CT molecular complexity index is 1190. The van der Waals surface area contributed by atoms with Crippen molar-refractivity contribution in [3.05, 3.63) is 46.4 Å². The molecule has 162 valence electrons. The number of benzene rings is 1. The van der Waals surface area contributed by atoms with Gasteiger partial charge in [0.15, 0.2) is 10.8 Å². The maximum atomic E-state index is 13.3. The number of hydrogen-bond acceptors (Lipinski definition) is 6. The summed E-state index contributed by atoms with van der Waals surface area (Å²) in [7, 11) is 0. The van der Waals surface area contributed by atoms with Crippen LogP contribution in [0.15, 0.2) is 40.4 Å². The van der Waals surface area contributed by atoms with E-state index in [-0.39, 0.29) is 29.7 Å². The van der Waals surface area contributed by atoms with Gasteiger partial charge in [-0.2, -0.15) is 5.10 Å². The number of ether oxygens (including phenoxy) is 1. The predicted octanol–water partition coefficient (Wildman–Crippen LogP) is 2.56. The molecule has 2 aliphatic heterocycles. The molecular formula is C22H25N5O3S. The van der Waals surface area contributed by atoms with E-state index in [0.717, 1.165) is 11.3 Å². The molecule has 31 heavy (non-hydrogen) atoms. The standard InChI is InChI=1S/C22H25N5O3S/c1-13-4-6-16(7-5-13)27-20-18(9-23-27)21(29)26-17(12-31-22(26)24-20)8-19(28)25-10-14(2)30-15(3)11-25/h4-7,9,14-15,17H,8,10-12H2,1-3H3. The number of amides is 1. The Morgan fingerprint density at radius 3 is 2.61 bits per heavy atom. The lowest BCUT2D eigenvalue weighted by Gasteiger charge is -2.35. The molecule has 3 aromatic rings. The molecule has 0 saturated carbocycles. The number of fused-ring (bicyclic) bond motifs is 2. The van der Waals surface area contributed by atoms with Gasteiger partial charge in [-0.25, -0.2) is 9.67 Å². The third-order valence-electron chi connectivity index (χ3n) is 5.83. The van der Waals surface area contributed by atoms with Crippen LogP contribution in [0.25, 0.3) is 16.7 Å². The smallest absolute Gasteiger partial charge is 0.265 e. The van der Waals surface area contributed by atoms with E-state index in [0.29, 0.717) is 41.5 Å². The molecule has 0 bridgehead atoms. The molecule has 1 fully saturated rings. The van der Waals surface area contributed by atoms with E-state index in [1.165, 1.54) is 11.8 Å². The number of carbonyl (C=O) groups excluding carboxylic acids is 1. The van der Waals surface area contributed by atoms with E-state index in [2.05, 4.69) is 5.10 Å². The van der Waals surface area contributed by atoms with Gasteiger partial charge in [-0.15, -0.1) is 0 Å². The van der Waals surface area contributed by atoms with Crippen molar-refractivity contribution < 1.29 is 9.53 Å². The molecule has 1 amide bonds. The SMILES string of the molecule is Cc1ccc(-n2ncc3c(=O)n4c(nc32)SCC4CC(=O)N2CC(C)OC(C)C2)cc1. The van der Waals surface area contributed by atoms with Crippen LogP contribution in [0.1, 0.15) is 31.9 Å². The summed E-state index contributed by atoms with van der Waals surface area (Å²) >= 11 is 1.52. The van der Waals surface area contributed by atoms with E-state index in [1.807, 2.05) is 49.9 Å². The monoisotopic (exact) mass is 439 g/mol. The Hall–Kier alpha value is -2.65. The highest BCUT2D eigenvalue weighted by Gasteiger charge is 2.33. The number of nitrogens with zero attached hydrogens (tertiary/aromatic N) is 5. The molecule has 3 atom stereocenters. The number of thioether (sulfide) groups is 1. The van der Waals surface area contributed by atoms with E-state index in [4.69, 9.17) is 9.72 Å². The molecule has 3 unspecified atom stereocenters. The van der Waals surface area contributed by atoms with Crippen LogP contribution in [0.3, 0.4) is 0 Å². The quantitative estimate of drug-likeness (QED) is 0.584. The summed E-state index contributed by atoms with van der Waals surface area (Å²) in [6.45, 7) is 7.16. The minimum atomic E-state index is -0.201. The summed E-state index contributed by atoms with van der Waals surface area (Å²) in [5.74, 6) is 0.719. The minimum Gasteiger partial charge on any atom is -0.372 e. The Morgan fingerprint density at radius 2 is 1.90 bits per heavy atom. The van der Waals surface area contributed by atoms with Crippen LogP contribution in [0.5, 0.6) is 0 Å². The molecule has 0 aliphatic carbocycles. The van der Waals surface area contributed by atoms with Gasteiger partial charge in [0, 0.05) is 25.3 Å². The summed E-state index contributed by atoms with van der Waals surface area (Å²) in [4.78, 5) is 32.9. The highest BCUT2D eigenvalue weighted by atomic mass is 32.2. The normalized spacial score (nSPS) is 23.3. The molecular weight excluding hydrogens is 414 g/mol. The van der Waals surface area contributed by atoms with Gasteiger partial charge in [-0.3, -0.25) is 14.2 Å². The number of aryl methyl sites for hydroxylation is 1. The molecule has 2 aliphatic rings. The second-order valence-corrected chi connectivity index (χ2v) is 9.41. The van der Waals surface area contributed by atoms with Crippen molar-refractivity contribution in [1.29, 1.82) is 0 Å². The molecule has 0 radical (unpaired) electrons. The largest absolute Gasteiger partial charge is 0.372 e. The number of hydrogen-bond donors (Lipinski definition) is 0. The average molecular weight is 440 g/mol. The molecule has 2 aromatic heterocycles. The van der Waals surface area contributed by atoms with Crippen LogP contribution < -0.4 is 5.56 Å². The maximum absolute atomic E-state index is 13.3. The zero-order chi connectivity index (χ0) is 21.7. The highest BCUT2D eigenvalue weighted by molar-refractivity contribution is 7.99. The van der Waals surface area contributed by atoms with Crippen molar-refractivity contribution in [2.75, 3.05) is 18.8 Å². The number of rotatable bonds is 3. The first kappa shape index (κ1) is 20.3. The number of carbonyl (C=O) groups is 1. The van der Waals surface area contributed by atoms with Gasteiger partial charge in [0.2, 0.25) is 5.91 Å². The average Bonchev–Trinajstić information content (AvgIpc) is 3.33. The number of aromatic nitrogens is 4. The fourth-order valence-corrected chi connectivity index (χ4v) is 5.50. The van der Waals surface area contributed by atoms with Crippen LogP contribution in [0, 0.1) is 6.92 Å². The van der Waals surface area contributed by atoms with Crippen LogP contribution >= 0.6 is 11.8 Å². The zero-order valence-electron chi connectivity index (χ0n) is 17.8. The van der Waals surface area contributed by atoms with E-state index in [9.17, 15) is 9.59 Å².